The number of benzene rings is 2. The van der Waals surface area contributed by atoms with E-state index in [0.29, 0.717) is 35.0 Å². The number of fused-ring (bicyclic) bond motifs is 1. The molecule has 0 spiro atoms. The highest BCUT2D eigenvalue weighted by molar-refractivity contribution is 7.16. The smallest absolute Gasteiger partial charge is 0.283 e. The van der Waals surface area contributed by atoms with Crippen LogP contribution in [0.25, 0.3) is 10.2 Å². The molecule has 0 saturated heterocycles. The van der Waals surface area contributed by atoms with Crippen LogP contribution < -0.4 is 19.0 Å². The molecule has 146 valence electrons. The number of ether oxygens (including phenoxy) is 3. The second-order valence-corrected chi connectivity index (χ2v) is 6.81. The van der Waals surface area contributed by atoms with E-state index >= 15 is 0 Å². The van der Waals surface area contributed by atoms with Gasteiger partial charge in [0.15, 0.2) is 16.3 Å². The van der Waals surface area contributed by atoms with E-state index in [4.69, 9.17) is 14.2 Å². The van der Waals surface area contributed by atoms with Gasteiger partial charge in [0.1, 0.15) is 5.75 Å². The van der Waals surface area contributed by atoms with Crippen LogP contribution in [-0.4, -0.2) is 31.3 Å². The zero-order valence-electron chi connectivity index (χ0n) is 16.1. The molecule has 3 rings (SSSR count). The van der Waals surface area contributed by atoms with Crippen LogP contribution >= 0.6 is 11.3 Å². The Kier molecular flexibility index (Phi) is 6.16. The Morgan fingerprint density at radius 2 is 2.07 bits per heavy atom. The number of thiazole rings is 1. The number of hydrogen-bond donors (Lipinski definition) is 0. The highest BCUT2D eigenvalue weighted by Gasteiger charge is 2.17. The number of carbonyl (C=O) groups excluding carboxylic acids is 1. The number of aromatic nitrogens is 1. The lowest BCUT2D eigenvalue weighted by atomic mass is 10.2. The van der Waals surface area contributed by atoms with Crippen molar-refractivity contribution in [3.63, 3.8) is 0 Å². The van der Waals surface area contributed by atoms with Crippen LogP contribution in [0.2, 0.25) is 0 Å². The molecule has 0 bridgehead atoms. The maximum Gasteiger partial charge on any atom is 0.283 e. The van der Waals surface area contributed by atoms with Crippen molar-refractivity contribution in [3.05, 3.63) is 59.4 Å². The number of allylic oxidation sites excluding steroid dienone is 1. The third kappa shape index (κ3) is 3.80. The van der Waals surface area contributed by atoms with Crippen molar-refractivity contribution in [2.45, 2.75) is 13.5 Å². The van der Waals surface area contributed by atoms with Gasteiger partial charge in [0.25, 0.3) is 5.91 Å². The molecule has 3 aromatic rings. The van der Waals surface area contributed by atoms with Gasteiger partial charge in [0.2, 0.25) is 0 Å². The van der Waals surface area contributed by atoms with E-state index in [1.165, 1.54) is 25.6 Å². The molecular formula is C21H22N2O4S. The molecule has 0 aliphatic carbocycles. The van der Waals surface area contributed by atoms with E-state index in [1.807, 2.05) is 29.7 Å². The van der Waals surface area contributed by atoms with Gasteiger partial charge in [-0.3, -0.25) is 4.79 Å². The number of rotatable bonds is 7. The Bertz CT molecular complexity index is 1080. The Labute approximate surface area is 167 Å². The molecule has 1 aromatic heterocycles. The maximum absolute atomic E-state index is 12.9. The first-order valence-corrected chi connectivity index (χ1v) is 9.61. The Morgan fingerprint density at radius 1 is 1.25 bits per heavy atom. The summed E-state index contributed by atoms with van der Waals surface area (Å²) in [7, 11) is 3.03. The van der Waals surface area contributed by atoms with Gasteiger partial charge in [-0.2, -0.15) is 4.99 Å². The normalized spacial score (nSPS) is 11.5. The van der Waals surface area contributed by atoms with Crippen molar-refractivity contribution >= 4 is 27.5 Å². The molecule has 0 aliphatic rings. The molecule has 0 N–H and O–H groups in total. The van der Waals surface area contributed by atoms with Crippen molar-refractivity contribution < 1.29 is 19.0 Å². The fourth-order valence-electron chi connectivity index (χ4n) is 2.90. The van der Waals surface area contributed by atoms with Crippen molar-refractivity contribution in [1.29, 1.82) is 0 Å². The fourth-order valence-corrected chi connectivity index (χ4v) is 3.97. The van der Waals surface area contributed by atoms with Gasteiger partial charge in [-0.1, -0.05) is 23.5 Å². The Morgan fingerprint density at radius 3 is 2.75 bits per heavy atom. The van der Waals surface area contributed by atoms with Crippen molar-refractivity contribution in [1.82, 2.24) is 4.57 Å². The topological polar surface area (TPSA) is 62.1 Å². The van der Waals surface area contributed by atoms with Crippen LogP contribution in [0.1, 0.15) is 17.3 Å². The third-order valence-corrected chi connectivity index (χ3v) is 5.15. The molecule has 28 heavy (non-hydrogen) atoms. The van der Waals surface area contributed by atoms with Crippen LogP contribution in [0.15, 0.2) is 54.0 Å². The summed E-state index contributed by atoms with van der Waals surface area (Å²) in [5, 5.41) is 0. The second kappa shape index (κ2) is 8.75. The molecule has 1 heterocycles. The summed E-state index contributed by atoms with van der Waals surface area (Å²) >= 11 is 1.43. The third-order valence-electron chi connectivity index (χ3n) is 4.11. The van der Waals surface area contributed by atoms with E-state index in [0.717, 1.165) is 16.0 Å². The molecule has 0 radical (unpaired) electrons. The lowest BCUT2D eigenvalue weighted by Gasteiger charge is -2.09. The maximum atomic E-state index is 12.9. The molecule has 7 heteroatoms. The van der Waals surface area contributed by atoms with E-state index in [9.17, 15) is 4.79 Å². The number of nitrogens with zero attached hydrogens (tertiary/aromatic N) is 2. The number of amides is 1. The molecule has 0 atom stereocenters. The summed E-state index contributed by atoms with van der Waals surface area (Å²) in [5.74, 6) is 1.24. The van der Waals surface area contributed by atoms with Crippen LogP contribution in [0.4, 0.5) is 0 Å². The summed E-state index contributed by atoms with van der Waals surface area (Å²) in [6.45, 7) is 6.88. The number of carbonyl (C=O) groups is 1. The molecule has 0 saturated carbocycles. The zero-order chi connectivity index (χ0) is 20.1. The molecular weight excluding hydrogens is 376 g/mol. The van der Waals surface area contributed by atoms with Gasteiger partial charge in [0, 0.05) is 6.54 Å². The average Bonchev–Trinajstić information content (AvgIpc) is 3.04. The molecule has 0 aliphatic heterocycles. The van der Waals surface area contributed by atoms with Crippen LogP contribution in [0, 0.1) is 0 Å². The number of hydrogen-bond acceptors (Lipinski definition) is 5. The molecule has 0 unspecified atom stereocenters. The molecule has 0 fully saturated rings. The number of para-hydroxylation sites is 1. The lowest BCUT2D eigenvalue weighted by molar-refractivity contribution is 0.0994. The minimum atomic E-state index is -0.398. The summed E-state index contributed by atoms with van der Waals surface area (Å²) in [4.78, 5) is 17.9. The summed E-state index contributed by atoms with van der Waals surface area (Å²) < 4.78 is 19.2. The fraction of sp³-hybridized carbons (Fsp3) is 0.238. The predicted octanol–water partition coefficient (Wildman–Crippen LogP) is 4.05. The number of methoxy groups -OCH3 is 2. The second-order valence-electron chi connectivity index (χ2n) is 5.80. The van der Waals surface area contributed by atoms with Crippen molar-refractivity contribution in [2.24, 2.45) is 4.99 Å². The highest BCUT2D eigenvalue weighted by Crippen LogP contribution is 2.31. The van der Waals surface area contributed by atoms with Crippen molar-refractivity contribution in [2.75, 3.05) is 20.8 Å². The van der Waals surface area contributed by atoms with Gasteiger partial charge >= 0.3 is 0 Å². The first-order valence-electron chi connectivity index (χ1n) is 8.80. The van der Waals surface area contributed by atoms with Gasteiger partial charge < -0.3 is 18.8 Å². The predicted molar refractivity (Wildman–Crippen MR) is 111 cm³/mol. The average molecular weight is 398 g/mol. The van der Waals surface area contributed by atoms with Crippen LogP contribution in [0.3, 0.4) is 0 Å². The minimum Gasteiger partial charge on any atom is -0.494 e. The largest absolute Gasteiger partial charge is 0.494 e. The Balaban J connectivity index is 2.14. The first kappa shape index (κ1) is 19.7. The molecule has 2 aromatic carbocycles. The minimum absolute atomic E-state index is 0.347. The van der Waals surface area contributed by atoms with Crippen LogP contribution in [0.5, 0.6) is 17.2 Å². The summed E-state index contributed by atoms with van der Waals surface area (Å²) in [6, 6.07) is 11.0. The molecule has 6 nitrogen and oxygen atoms in total. The van der Waals surface area contributed by atoms with Crippen LogP contribution in [-0.2, 0) is 6.54 Å². The zero-order valence-corrected chi connectivity index (χ0v) is 16.9. The molecule has 1 amide bonds. The van der Waals surface area contributed by atoms with Gasteiger partial charge in [-0.25, -0.2) is 0 Å². The summed E-state index contributed by atoms with van der Waals surface area (Å²) in [6.07, 6.45) is 1.78. The standard InChI is InChI=1S/C21H22N2O4S/c1-5-12-23-16-11-10-14(27-6-2)13-18(16)28-21(23)22-20(24)15-8-7-9-17(25-3)19(15)26-4/h5,7-11,13H,1,6,12H2,2-4H3. The monoisotopic (exact) mass is 398 g/mol. The van der Waals surface area contributed by atoms with E-state index in [2.05, 4.69) is 11.6 Å². The highest BCUT2D eigenvalue weighted by atomic mass is 32.1. The van der Waals surface area contributed by atoms with E-state index in [1.54, 1.807) is 24.3 Å². The first-order chi connectivity index (χ1) is 13.6. The lowest BCUT2D eigenvalue weighted by Crippen LogP contribution is -2.16. The Hall–Kier alpha value is -3.06. The van der Waals surface area contributed by atoms with Gasteiger partial charge in [0.05, 0.1) is 36.6 Å². The van der Waals surface area contributed by atoms with Gasteiger partial charge in [-0.15, -0.1) is 6.58 Å². The van der Waals surface area contributed by atoms with Gasteiger partial charge in [-0.05, 0) is 37.3 Å². The SMILES string of the molecule is C=CCn1c(=NC(=O)c2cccc(OC)c2OC)sc2cc(OCC)ccc21. The van der Waals surface area contributed by atoms with E-state index in [-0.39, 0.29) is 0 Å². The summed E-state index contributed by atoms with van der Waals surface area (Å²) in [5.41, 5.74) is 1.32. The quantitative estimate of drug-likeness (QED) is 0.564. The van der Waals surface area contributed by atoms with Crippen molar-refractivity contribution in [3.8, 4) is 17.2 Å². The van der Waals surface area contributed by atoms with E-state index < -0.39 is 5.91 Å².